The molecule has 10 rings (SSSR count). The van der Waals surface area contributed by atoms with Gasteiger partial charge in [-0.3, -0.25) is 14.5 Å². The Labute approximate surface area is 417 Å². The third-order valence-electron chi connectivity index (χ3n) is 12.4. The van der Waals surface area contributed by atoms with Gasteiger partial charge in [-0.25, -0.2) is 19.9 Å². The van der Waals surface area contributed by atoms with Crippen LogP contribution < -0.4 is 33.7 Å². The highest BCUT2D eigenvalue weighted by Gasteiger charge is 2.22. The van der Waals surface area contributed by atoms with E-state index in [0.29, 0.717) is 77.9 Å². The molecule has 3 N–H and O–H groups in total. The van der Waals surface area contributed by atoms with Crippen molar-refractivity contribution in [3.05, 3.63) is 96.8 Å². The van der Waals surface area contributed by atoms with Crippen LogP contribution in [0.1, 0.15) is 50.9 Å². The van der Waals surface area contributed by atoms with Crippen LogP contribution in [0, 0.1) is 25.7 Å². The Bertz CT molecular complexity index is 3110. The molecule has 4 aromatic carbocycles. The average molecular weight is 986 g/mol. The fourth-order valence-electron chi connectivity index (χ4n) is 8.73. The molecule has 0 unspecified atom stereocenters. The Kier molecular flexibility index (Phi) is 16.8. The zero-order valence-electron chi connectivity index (χ0n) is 41.1. The van der Waals surface area contributed by atoms with E-state index in [4.69, 9.17) is 40.0 Å². The van der Waals surface area contributed by atoms with Gasteiger partial charge in [0.15, 0.2) is 23.0 Å². The topological polar surface area (TPSA) is 188 Å². The van der Waals surface area contributed by atoms with E-state index >= 15 is 0 Å². The van der Waals surface area contributed by atoms with Crippen molar-refractivity contribution in [3.8, 4) is 46.3 Å². The van der Waals surface area contributed by atoms with Crippen LogP contribution in [0.15, 0.2) is 85.5 Å². The van der Waals surface area contributed by atoms with Crippen LogP contribution in [-0.4, -0.2) is 112 Å². The molecular formula is C54H61ClN8O8. The maximum atomic E-state index is 11.4. The Morgan fingerprint density at radius 2 is 1.08 bits per heavy atom. The number of ether oxygens (including phenoxy) is 6. The van der Waals surface area contributed by atoms with E-state index in [-0.39, 0.29) is 17.4 Å². The SMILES string of the molecule is CC(=O)CCl.COc1cc2c(Oc3ccc4cc(C)[nH]c4c3)ncnc2cc1OCC1CCN(CC(C)=O)CC1.COc1cc2c(Oc3ccc4cc(C)[nH]c4c3)ncnc2cc1OCC1CCNCC1. The minimum atomic E-state index is 0.0201. The Morgan fingerprint density at radius 1 is 0.620 bits per heavy atom. The third-order valence-corrected chi connectivity index (χ3v) is 12.8. The molecule has 2 fully saturated rings. The fraction of sp³-hybridized carbons (Fsp3) is 0.370. The molecule has 2 aliphatic heterocycles. The van der Waals surface area contributed by atoms with Crippen molar-refractivity contribution in [1.82, 2.24) is 40.1 Å². The summed E-state index contributed by atoms with van der Waals surface area (Å²) in [4.78, 5) is 47.5. The van der Waals surface area contributed by atoms with Crippen molar-refractivity contribution in [1.29, 1.82) is 0 Å². The number of hydrogen-bond donors (Lipinski definition) is 3. The van der Waals surface area contributed by atoms with E-state index < -0.39 is 0 Å². The largest absolute Gasteiger partial charge is 0.493 e. The summed E-state index contributed by atoms with van der Waals surface area (Å²) in [6, 6.07) is 23.6. The molecule has 0 amide bonds. The zero-order chi connectivity index (χ0) is 49.9. The van der Waals surface area contributed by atoms with Crippen molar-refractivity contribution in [2.24, 2.45) is 11.8 Å². The maximum absolute atomic E-state index is 11.4. The van der Waals surface area contributed by atoms with Gasteiger partial charge in [-0.15, -0.1) is 11.6 Å². The van der Waals surface area contributed by atoms with Crippen molar-refractivity contribution in [2.45, 2.75) is 53.4 Å². The normalized spacial score (nSPS) is 14.4. The number of nitrogens with zero attached hydrogens (tertiary/aromatic N) is 5. The number of H-pyrrole nitrogens is 2. The van der Waals surface area contributed by atoms with Crippen molar-refractivity contribution >= 4 is 66.8 Å². The minimum Gasteiger partial charge on any atom is -0.493 e. The lowest BCUT2D eigenvalue weighted by Crippen LogP contribution is -2.38. The number of hydrogen-bond acceptors (Lipinski definition) is 14. The minimum absolute atomic E-state index is 0.0201. The molecular weight excluding hydrogens is 924 g/mol. The summed E-state index contributed by atoms with van der Waals surface area (Å²) < 4.78 is 35.8. The summed E-state index contributed by atoms with van der Waals surface area (Å²) >= 11 is 4.99. The number of rotatable bonds is 15. The van der Waals surface area contributed by atoms with Crippen molar-refractivity contribution in [3.63, 3.8) is 0 Å². The highest BCUT2D eigenvalue weighted by Crippen LogP contribution is 2.39. The smallest absolute Gasteiger partial charge is 0.230 e. The maximum Gasteiger partial charge on any atom is 0.230 e. The number of aromatic nitrogens is 6. The number of ketones is 2. The number of likely N-dealkylation sites (tertiary alicyclic amines) is 1. The first kappa shape index (κ1) is 50.4. The van der Waals surface area contributed by atoms with E-state index in [0.717, 1.165) is 107 Å². The second-order valence-corrected chi connectivity index (χ2v) is 18.3. The summed E-state index contributed by atoms with van der Waals surface area (Å²) in [6.45, 7) is 12.9. The fourth-order valence-corrected chi connectivity index (χ4v) is 8.73. The number of nitrogens with one attached hydrogen (secondary N) is 3. The first-order valence-corrected chi connectivity index (χ1v) is 24.4. The molecule has 0 radical (unpaired) electrons. The Balaban J connectivity index is 0.000000175. The second kappa shape index (κ2) is 23.7. The molecule has 17 heteroatoms. The van der Waals surface area contributed by atoms with Crippen molar-refractivity contribution in [2.75, 3.05) is 66.0 Å². The monoisotopic (exact) mass is 984 g/mol. The van der Waals surface area contributed by atoms with Gasteiger partial charge in [0.2, 0.25) is 11.8 Å². The van der Waals surface area contributed by atoms with Crippen LogP contribution in [0.3, 0.4) is 0 Å². The van der Waals surface area contributed by atoms with E-state index in [1.54, 1.807) is 21.1 Å². The number of aryl methyl sites for hydroxylation is 2. The quantitative estimate of drug-likeness (QED) is 0.0823. The standard InChI is InChI=1S/C27H30N4O4.C24H26N4O3.C3H5ClO/c1-17-10-20-4-5-21(11-23(20)30-17)35-27-22-12-25(33-3)26(13-24(22)28-16-29-27)34-15-19-6-8-31(9-7-19)14-18(2)32;1-15-9-17-3-4-18(10-20(17)28-15)31-24-19-11-22(29-2)23(12-21(19)26-14-27-24)30-13-16-5-7-25-8-6-16;1-3(5)2-4/h4-5,10-13,16,19,30H,6-9,14-15H2,1-3H3;3-4,9-12,14,16,25,28H,5-8,13H2,1-2H3;2H2,1H3. The number of halogens is 1. The molecule has 0 atom stereocenters. The molecule has 2 aliphatic rings. The first-order valence-electron chi connectivity index (χ1n) is 23.9. The van der Waals surface area contributed by atoms with Crippen molar-refractivity contribution < 1.29 is 38.0 Å². The predicted molar refractivity (Wildman–Crippen MR) is 276 cm³/mol. The van der Waals surface area contributed by atoms with E-state index in [1.807, 2.05) is 74.5 Å². The van der Waals surface area contributed by atoms with Crippen LogP contribution in [-0.2, 0) is 9.59 Å². The van der Waals surface area contributed by atoms with E-state index in [9.17, 15) is 9.59 Å². The molecule has 0 bridgehead atoms. The van der Waals surface area contributed by atoms with Gasteiger partial charge in [-0.2, -0.15) is 0 Å². The highest BCUT2D eigenvalue weighted by molar-refractivity contribution is 6.27. The number of carbonyl (C=O) groups is 2. The molecule has 0 saturated carbocycles. The number of Topliss-reactive ketones (excluding diaryl/α,β-unsaturated/α-hetero) is 2. The number of carbonyl (C=O) groups excluding carboxylic acids is 2. The van der Waals surface area contributed by atoms with Crippen LogP contribution >= 0.6 is 11.6 Å². The van der Waals surface area contributed by atoms with Gasteiger partial charge in [0.05, 0.1) is 61.7 Å². The number of fused-ring (bicyclic) bond motifs is 4. The summed E-state index contributed by atoms with van der Waals surface area (Å²) in [6.07, 6.45) is 7.28. The number of methoxy groups -OCH3 is 2. The lowest BCUT2D eigenvalue weighted by Gasteiger charge is -2.31. The lowest BCUT2D eigenvalue weighted by molar-refractivity contribution is -0.118. The van der Waals surface area contributed by atoms with Gasteiger partial charge in [0.1, 0.15) is 35.7 Å². The molecule has 6 heterocycles. The van der Waals surface area contributed by atoms with Gasteiger partial charge in [-0.05, 0) is 151 Å². The summed E-state index contributed by atoms with van der Waals surface area (Å²) in [5.41, 5.74) is 5.73. The van der Waals surface area contributed by atoms with Gasteiger partial charge >= 0.3 is 0 Å². The van der Waals surface area contributed by atoms with E-state index in [2.05, 4.69) is 52.3 Å². The summed E-state index contributed by atoms with van der Waals surface area (Å²) in [7, 11) is 3.27. The Hall–Kier alpha value is -7.01. The highest BCUT2D eigenvalue weighted by atomic mass is 35.5. The number of alkyl halides is 1. The van der Waals surface area contributed by atoms with Gasteiger partial charge in [0.25, 0.3) is 0 Å². The molecule has 71 heavy (non-hydrogen) atoms. The molecule has 16 nitrogen and oxygen atoms in total. The van der Waals surface area contributed by atoms with Gasteiger partial charge < -0.3 is 43.7 Å². The van der Waals surface area contributed by atoms with E-state index in [1.165, 1.54) is 19.6 Å². The number of benzene rings is 4. The van der Waals surface area contributed by atoms with Gasteiger partial charge in [0, 0.05) is 46.7 Å². The van der Waals surface area contributed by atoms with Crippen LogP contribution in [0.2, 0.25) is 0 Å². The molecule has 2 saturated heterocycles. The average Bonchev–Trinajstić information content (AvgIpc) is 3.95. The molecule has 0 aliphatic carbocycles. The van der Waals surface area contributed by atoms with Crippen LogP contribution in [0.25, 0.3) is 43.6 Å². The van der Waals surface area contributed by atoms with Gasteiger partial charge in [-0.1, -0.05) is 0 Å². The Morgan fingerprint density at radius 3 is 1.52 bits per heavy atom. The zero-order valence-corrected chi connectivity index (χ0v) is 41.9. The molecule has 4 aromatic heterocycles. The summed E-state index contributed by atoms with van der Waals surface area (Å²) in [5, 5.41) is 7.19. The number of aromatic amines is 2. The molecule has 8 aromatic rings. The van der Waals surface area contributed by atoms with Crippen LogP contribution in [0.5, 0.6) is 46.3 Å². The predicted octanol–water partition coefficient (Wildman–Crippen LogP) is 10.3. The second-order valence-electron chi connectivity index (χ2n) is 18.1. The molecule has 372 valence electrons. The van der Waals surface area contributed by atoms with Crippen LogP contribution in [0.4, 0.5) is 0 Å². The lowest BCUT2D eigenvalue weighted by atomic mass is 9.97. The first-order chi connectivity index (χ1) is 34.4. The third kappa shape index (κ3) is 13.2. The summed E-state index contributed by atoms with van der Waals surface area (Å²) in [5.74, 6) is 6.31. The molecule has 0 spiro atoms. The number of piperidine rings is 2.